The van der Waals surface area contributed by atoms with Gasteiger partial charge < -0.3 is 0 Å². The molecule has 2 rings (SSSR count). The summed E-state index contributed by atoms with van der Waals surface area (Å²) in [7, 11) is 0. The molecular weight excluding hydrogens is 168 g/mol. The number of hydrogen-bond donors (Lipinski definition) is 0. The Hall–Kier alpha value is -1.01. The van der Waals surface area contributed by atoms with Crippen molar-refractivity contribution in [3.05, 3.63) is 47.5 Å². The Morgan fingerprint density at radius 3 is 2.25 bits per heavy atom. The van der Waals surface area contributed by atoms with Gasteiger partial charge in [-0.15, -0.1) is 0 Å². The molecule has 0 aliphatic carbocycles. The molecule has 0 heterocycles. The van der Waals surface area contributed by atoms with Gasteiger partial charge in [-0.1, -0.05) is 49.4 Å². The highest BCUT2D eigenvalue weighted by Crippen LogP contribution is 2.18. The molecule has 1 heteroatoms. The smallest absolute Gasteiger partial charge is 0.0412 e. The lowest BCUT2D eigenvalue weighted by Crippen LogP contribution is -1.69. The lowest BCUT2D eigenvalue weighted by Gasteiger charge is -1.95. The molecule has 0 radical (unpaired) electrons. The molecule has 0 spiro atoms. The molecule has 0 atom stereocenters. The molecule has 0 aliphatic heterocycles. The average molecular weight is 179 g/mol. The van der Waals surface area contributed by atoms with Gasteiger partial charge in [0.2, 0.25) is 0 Å². The van der Waals surface area contributed by atoms with Crippen LogP contribution in [0.4, 0.5) is 0 Å². The molecular formula is C11H11Cl. The second-order valence-electron chi connectivity index (χ2n) is 2.49. The molecule has 2 aromatic rings. The van der Waals surface area contributed by atoms with Gasteiger partial charge in [-0.3, -0.25) is 0 Å². The lowest BCUT2D eigenvalue weighted by atomic mass is 10.1. The molecule has 0 saturated carbocycles. The predicted octanol–water partition coefficient (Wildman–Crippen LogP) is 4.13. The lowest BCUT2D eigenvalue weighted by molar-refractivity contribution is 1.75. The van der Waals surface area contributed by atoms with Gasteiger partial charge in [-0.25, -0.2) is 0 Å². The van der Waals surface area contributed by atoms with Gasteiger partial charge in [0, 0.05) is 5.02 Å². The second kappa shape index (κ2) is 3.59. The van der Waals surface area contributed by atoms with Crippen LogP contribution in [0.15, 0.2) is 42.5 Å². The fourth-order valence-electron chi connectivity index (χ4n) is 1.16. The van der Waals surface area contributed by atoms with E-state index in [0.29, 0.717) is 0 Å². The Morgan fingerprint density at radius 1 is 0.833 bits per heavy atom. The monoisotopic (exact) mass is 178 g/mol. The molecule has 0 aromatic heterocycles. The first-order chi connectivity index (χ1) is 5.36. The first kappa shape index (κ1) is 9.08. The van der Waals surface area contributed by atoms with Crippen molar-refractivity contribution in [1.82, 2.24) is 0 Å². The van der Waals surface area contributed by atoms with E-state index in [1.807, 2.05) is 30.3 Å². The zero-order valence-electron chi connectivity index (χ0n) is 5.92. The summed E-state index contributed by atoms with van der Waals surface area (Å²) in [5.41, 5.74) is 0. The molecule has 0 saturated heterocycles. The van der Waals surface area contributed by atoms with Crippen LogP contribution in [0.5, 0.6) is 0 Å². The minimum atomic E-state index is 0. The highest BCUT2D eigenvalue weighted by atomic mass is 35.5. The van der Waals surface area contributed by atoms with Crippen LogP contribution in [-0.2, 0) is 0 Å². The molecule has 0 fully saturated rings. The molecule has 0 bridgehead atoms. The average Bonchev–Trinajstić information content (AvgIpc) is 2.04. The van der Waals surface area contributed by atoms with Crippen LogP contribution in [0.25, 0.3) is 10.8 Å². The fraction of sp³-hybridized carbons (Fsp3) is 0.0909. The van der Waals surface area contributed by atoms with Crippen LogP contribution < -0.4 is 0 Å². The first-order valence-electron chi connectivity index (χ1n) is 3.50. The topological polar surface area (TPSA) is 0 Å². The van der Waals surface area contributed by atoms with Crippen LogP contribution in [0.3, 0.4) is 0 Å². The number of hydrogen-bond acceptors (Lipinski definition) is 0. The Balaban J connectivity index is 0.000000720. The standard InChI is InChI=1S/C10H7Cl.CH4/c11-10-6-5-8-3-1-2-4-9(8)7-10;/h1-7H;1H4. The van der Waals surface area contributed by atoms with Crippen LogP contribution in [0.1, 0.15) is 7.43 Å². The van der Waals surface area contributed by atoms with Gasteiger partial charge >= 0.3 is 0 Å². The summed E-state index contributed by atoms with van der Waals surface area (Å²) in [6.45, 7) is 0. The summed E-state index contributed by atoms with van der Waals surface area (Å²) >= 11 is 5.82. The fourth-order valence-corrected chi connectivity index (χ4v) is 1.34. The summed E-state index contributed by atoms with van der Waals surface area (Å²) < 4.78 is 0. The van der Waals surface area contributed by atoms with E-state index in [-0.39, 0.29) is 7.43 Å². The van der Waals surface area contributed by atoms with Gasteiger partial charge in [0.25, 0.3) is 0 Å². The molecule has 0 N–H and O–H groups in total. The van der Waals surface area contributed by atoms with Crippen LogP contribution in [0, 0.1) is 0 Å². The molecule has 0 amide bonds. The van der Waals surface area contributed by atoms with Crippen LogP contribution >= 0.6 is 11.6 Å². The van der Waals surface area contributed by atoms with Gasteiger partial charge in [0.1, 0.15) is 0 Å². The quantitative estimate of drug-likeness (QED) is 0.569. The Bertz CT molecular complexity index is 379. The molecule has 0 unspecified atom stereocenters. The van der Waals surface area contributed by atoms with E-state index >= 15 is 0 Å². The second-order valence-corrected chi connectivity index (χ2v) is 2.93. The van der Waals surface area contributed by atoms with Crippen molar-refractivity contribution >= 4 is 22.4 Å². The van der Waals surface area contributed by atoms with E-state index in [9.17, 15) is 0 Å². The van der Waals surface area contributed by atoms with E-state index in [0.717, 1.165) is 5.02 Å². The van der Waals surface area contributed by atoms with Crippen molar-refractivity contribution in [3.63, 3.8) is 0 Å². The van der Waals surface area contributed by atoms with E-state index < -0.39 is 0 Å². The van der Waals surface area contributed by atoms with Crippen molar-refractivity contribution < 1.29 is 0 Å². The van der Waals surface area contributed by atoms with Crippen LogP contribution in [-0.4, -0.2) is 0 Å². The highest BCUT2D eigenvalue weighted by Gasteiger charge is 1.90. The third-order valence-electron chi connectivity index (χ3n) is 1.71. The van der Waals surface area contributed by atoms with E-state index in [2.05, 4.69) is 12.1 Å². The van der Waals surface area contributed by atoms with Crippen LogP contribution in [0.2, 0.25) is 5.02 Å². The van der Waals surface area contributed by atoms with Gasteiger partial charge in [0.15, 0.2) is 0 Å². The molecule has 0 nitrogen and oxygen atoms in total. The number of fused-ring (bicyclic) bond motifs is 1. The van der Waals surface area contributed by atoms with Crippen molar-refractivity contribution in [1.29, 1.82) is 0 Å². The Labute approximate surface area is 77.8 Å². The van der Waals surface area contributed by atoms with E-state index in [1.54, 1.807) is 0 Å². The van der Waals surface area contributed by atoms with Gasteiger partial charge in [0.05, 0.1) is 0 Å². The zero-order valence-corrected chi connectivity index (χ0v) is 6.68. The van der Waals surface area contributed by atoms with E-state index in [1.165, 1.54) is 10.8 Å². The summed E-state index contributed by atoms with van der Waals surface area (Å²) in [6.07, 6.45) is 0. The minimum Gasteiger partial charge on any atom is -0.0843 e. The summed E-state index contributed by atoms with van der Waals surface area (Å²) in [4.78, 5) is 0. The largest absolute Gasteiger partial charge is 0.0843 e. The van der Waals surface area contributed by atoms with Gasteiger partial charge in [-0.05, 0) is 22.9 Å². The molecule has 12 heavy (non-hydrogen) atoms. The van der Waals surface area contributed by atoms with E-state index in [4.69, 9.17) is 11.6 Å². The Kier molecular flexibility index (Phi) is 2.72. The number of benzene rings is 2. The summed E-state index contributed by atoms with van der Waals surface area (Å²) in [5, 5.41) is 3.22. The van der Waals surface area contributed by atoms with Gasteiger partial charge in [-0.2, -0.15) is 0 Å². The summed E-state index contributed by atoms with van der Waals surface area (Å²) in [6, 6.07) is 14.1. The van der Waals surface area contributed by atoms with Crippen molar-refractivity contribution in [3.8, 4) is 0 Å². The predicted molar refractivity (Wildman–Crippen MR) is 55.7 cm³/mol. The third kappa shape index (κ3) is 1.59. The normalized spacial score (nSPS) is 9.42. The highest BCUT2D eigenvalue weighted by molar-refractivity contribution is 6.31. The zero-order chi connectivity index (χ0) is 7.68. The first-order valence-corrected chi connectivity index (χ1v) is 3.88. The number of halogens is 1. The maximum absolute atomic E-state index is 5.82. The maximum Gasteiger partial charge on any atom is 0.0412 e. The molecule has 62 valence electrons. The Morgan fingerprint density at radius 2 is 1.50 bits per heavy atom. The molecule has 2 aromatic carbocycles. The van der Waals surface area contributed by atoms with Crippen molar-refractivity contribution in [2.24, 2.45) is 0 Å². The number of rotatable bonds is 0. The maximum atomic E-state index is 5.82. The molecule has 0 aliphatic rings. The van der Waals surface area contributed by atoms with Crippen molar-refractivity contribution in [2.75, 3.05) is 0 Å². The van der Waals surface area contributed by atoms with Crippen molar-refractivity contribution in [2.45, 2.75) is 7.43 Å². The SMILES string of the molecule is C.Clc1ccc2ccccc2c1. The third-order valence-corrected chi connectivity index (χ3v) is 1.95. The minimum absolute atomic E-state index is 0. The summed E-state index contributed by atoms with van der Waals surface area (Å²) in [5.74, 6) is 0.